The van der Waals surface area contributed by atoms with E-state index in [1.165, 1.54) is 48.6 Å². The fourth-order valence-electron chi connectivity index (χ4n) is 2.68. The Balaban J connectivity index is 1.68. The predicted octanol–water partition coefficient (Wildman–Crippen LogP) is 7.00. The Morgan fingerprint density at radius 1 is 0.793 bits per heavy atom. The smallest absolute Gasteiger partial charge is 0.247 e. The van der Waals surface area contributed by atoms with E-state index in [2.05, 4.69) is 6.08 Å². The second-order valence-corrected chi connectivity index (χ2v) is 6.67. The monoisotopic (exact) mass is 411 g/mol. The maximum atomic E-state index is 13.9. The van der Waals surface area contributed by atoms with Crippen molar-refractivity contribution in [3.63, 3.8) is 0 Å². The van der Waals surface area contributed by atoms with Crippen molar-refractivity contribution in [2.75, 3.05) is 0 Å². The standard InChI is InChI=1S/C23H21F6/c24-20-13-9-18(10-14-20)16-22(26)6-4-2-1-3-5-21(25)15-17-7-11-19(12-8-17)23(27,28)29/h1,3-4,7-14,21-22H,5-6,15-16H2. The normalized spacial score (nSPS) is 14.6. The van der Waals surface area contributed by atoms with Crippen molar-refractivity contribution in [1.29, 1.82) is 0 Å². The summed E-state index contributed by atoms with van der Waals surface area (Å²) in [7, 11) is 0. The molecule has 29 heavy (non-hydrogen) atoms. The second kappa shape index (κ2) is 10.9. The summed E-state index contributed by atoms with van der Waals surface area (Å²) in [6, 6.07) is 10.1. The van der Waals surface area contributed by atoms with Gasteiger partial charge in [-0.25, -0.2) is 13.2 Å². The van der Waals surface area contributed by atoms with Crippen molar-refractivity contribution in [3.8, 4) is 0 Å². The summed E-state index contributed by atoms with van der Waals surface area (Å²) in [6.45, 7) is 0. The molecule has 2 atom stereocenters. The van der Waals surface area contributed by atoms with E-state index in [0.717, 1.165) is 12.1 Å². The third-order valence-electron chi connectivity index (χ3n) is 4.21. The van der Waals surface area contributed by atoms with E-state index < -0.39 is 24.1 Å². The number of halogens is 6. The molecule has 0 saturated heterocycles. The molecule has 0 aromatic heterocycles. The van der Waals surface area contributed by atoms with Crippen molar-refractivity contribution in [3.05, 3.63) is 95.3 Å². The Bertz CT molecular complexity index is 788. The van der Waals surface area contributed by atoms with Crippen LogP contribution in [0.25, 0.3) is 0 Å². The van der Waals surface area contributed by atoms with Gasteiger partial charge in [-0.3, -0.25) is 0 Å². The molecule has 2 unspecified atom stereocenters. The number of benzene rings is 2. The molecular formula is C23H21F6. The fraction of sp³-hybridized carbons (Fsp3) is 0.304. The van der Waals surface area contributed by atoms with E-state index in [0.29, 0.717) is 11.1 Å². The van der Waals surface area contributed by atoms with Crippen LogP contribution in [0.3, 0.4) is 0 Å². The quantitative estimate of drug-likeness (QED) is 0.308. The molecule has 155 valence electrons. The molecule has 0 heterocycles. The summed E-state index contributed by atoms with van der Waals surface area (Å²) in [5, 5.41) is 0. The highest BCUT2D eigenvalue weighted by Gasteiger charge is 2.29. The summed E-state index contributed by atoms with van der Waals surface area (Å²) >= 11 is 0. The van der Waals surface area contributed by atoms with Gasteiger partial charge in [-0.1, -0.05) is 42.5 Å². The first kappa shape index (κ1) is 22.8. The lowest BCUT2D eigenvalue weighted by molar-refractivity contribution is -0.137. The lowest BCUT2D eigenvalue weighted by Crippen LogP contribution is -2.06. The Labute approximate surface area is 166 Å². The molecular weight excluding hydrogens is 390 g/mol. The van der Waals surface area contributed by atoms with Gasteiger partial charge in [0.25, 0.3) is 0 Å². The predicted molar refractivity (Wildman–Crippen MR) is 101 cm³/mol. The number of allylic oxidation sites excluding steroid dienone is 4. The Morgan fingerprint density at radius 2 is 1.31 bits per heavy atom. The minimum atomic E-state index is -4.41. The number of rotatable bonds is 9. The van der Waals surface area contributed by atoms with Crippen molar-refractivity contribution in [2.24, 2.45) is 0 Å². The van der Waals surface area contributed by atoms with Crippen molar-refractivity contribution >= 4 is 0 Å². The molecule has 0 spiro atoms. The second-order valence-electron chi connectivity index (χ2n) is 6.67. The van der Waals surface area contributed by atoms with E-state index in [9.17, 15) is 26.3 Å². The molecule has 0 aliphatic carbocycles. The first-order valence-electron chi connectivity index (χ1n) is 9.15. The van der Waals surface area contributed by atoms with Crippen LogP contribution in [0.1, 0.15) is 29.5 Å². The van der Waals surface area contributed by atoms with Gasteiger partial charge >= 0.3 is 6.18 Å². The first-order valence-corrected chi connectivity index (χ1v) is 9.15. The summed E-state index contributed by atoms with van der Waals surface area (Å²) in [4.78, 5) is 0. The Hall–Kier alpha value is -2.50. The van der Waals surface area contributed by atoms with Gasteiger partial charge in [0, 0.05) is 12.8 Å². The van der Waals surface area contributed by atoms with Gasteiger partial charge in [0.1, 0.15) is 18.2 Å². The molecule has 0 fully saturated rings. The minimum Gasteiger partial charge on any atom is -0.247 e. The van der Waals surface area contributed by atoms with Crippen LogP contribution in [-0.2, 0) is 19.0 Å². The third kappa shape index (κ3) is 8.59. The fourth-order valence-corrected chi connectivity index (χ4v) is 2.68. The molecule has 0 N–H and O–H groups in total. The number of alkyl halides is 5. The van der Waals surface area contributed by atoms with Gasteiger partial charge in [0.15, 0.2) is 0 Å². The molecule has 0 amide bonds. The lowest BCUT2D eigenvalue weighted by Gasteiger charge is -2.09. The summed E-state index contributed by atoms with van der Waals surface area (Å²) in [5.74, 6) is -0.369. The van der Waals surface area contributed by atoms with E-state index in [1.807, 2.05) is 0 Å². The molecule has 6 heteroatoms. The van der Waals surface area contributed by atoms with Gasteiger partial charge in [-0.2, -0.15) is 13.2 Å². The highest BCUT2D eigenvalue weighted by molar-refractivity contribution is 5.25. The number of hydrogen-bond acceptors (Lipinski definition) is 0. The van der Waals surface area contributed by atoms with Crippen LogP contribution in [0.15, 0.2) is 66.8 Å². The zero-order valence-electron chi connectivity index (χ0n) is 15.6. The molecule has 0 aliphatic heterocycles. The molecule has 0 nitrogen and oxygen atoms in total. The third-order valence-corrected chi connectivity index (χ3v) is 4.21. The summed E-state index contributed by atoms with van der Waals surface area (Å²) in [5.41, 5.74) is 0.424. The molecule has 2 rings (SSSR count). The summed E-state index contributed by atoms with van der Waals surface area (Å²) in [6.07, 6.45) is 0.910. The average Bonchev–Trinajstić information content (AvgIpc) is 2.66. The Morgan fingerprint density at radius 3 is 1.86 bits per heavy atom. The maximum Gasteiger partial charge on any atom is 0.416 e. The van der Waals surface area contributed by atoms with Gasteiger partial charge in [-0.05, 0) is 54.3 Å². The van der Waals surface area contributed by atoms with E-state index >= 15 is 0 Å². The zero-order chi connectivity index (χ0) is 21.3. The van der Waals surface area contributed by atoms with Crippen LogP contribution in [0.4, 0.5) is 26.3 Å². The van der Waals surface area contributed by atoms with Gasteiger partial charge in [0.2, 0.25) is 0 Å². The van der Waals surface area contributed by atoms with E-state index in [1.54, 1.807) is 6.08 Å². The van der Waals surface area contributed by atoms with Crippen LogP contribution in [-0.4, -0.2) is 12.3 Å². The van der Waals surface area contributed by atoms with Gasteiger partial charge < -0.3 is 0 Å². The number of hydrogen-bond donors (Lipinski definition) is 0. The van der Waals surface area contributed by atoms with E-state index in [-0.39, 0.29) is 31.5 Å². The average molecular weight is 411 g/mol. The van der Waals surface area contributed by atoms with E-state index in [4.69, 9.17) is 0 Å². The zero-order valence-corrected chi connectivity index (χ0v) is 15.6. The lowest BCUT2D eigenvalue weighted by atomic mass is 10.0. The van der Waals surface area contributed by atoms with Crippen molar-refractivity contribution in [2.45, 2.75) is 44.2 Å². The molecule has 2 aromatic rings. The van der Waals surface area contributed by atoms with Gasteiger partial charge in [0.05, 0.1) is 5.56 Å². The molecule has 2 aromatic carbocycles. The molecule has 0 saturated carbocycles. The molecule has 1 radical (unpaired) electrons. The van der Waals surface area contributed by atoms with Crippen LogP contribution >= 0.6 is 0 Å². The van der Waals surface area contributed by atoms with Gasteiger partial charge in [-0.15, -0.1) is 0 Å². The van der Waals surface area contributed by atoms with Crippen LogP contribution in [0, 0.1) is 11.9 Å². The van der Waals surface area contributed by atoms with Crippen LogP contribution in [0.2, 0.25) is 0 Å². The highest BCUT2D eigenvalue weighted by atomic mass is 19.4. The minimum absolute atomic E-state index is 0.0103. The van der Waals surface area contributed by atoms with Crippen LogP contribution in [0.5, 0.6) is 0 Å². The van der Waals surface area contributed by atoms with Crippen molar-refractivity contribution < 1.29 is 26.3 Å². The van der Waals surface area contributed by atoms with Crippen molar-refractivity contribution in [1.82, 2.24) is 0 Å². The molecule has 0 bridgehead atoms. The highest BCUT2D eigenvalue weighted by Crippen LogP contribution is 2.29. The largest absolute Gasteiger partial charge is 0.416 e. The summed E-state index contributed by atoms with van der Waals surface area (Å²) < 4.78 is 78.1. The van der Waals surface area contributed by atoms with Crippen LogP contribution < -0.4 is 0 Å². The SMILES string of the molecule is Fc1ccc(CC(F)CC=[C]C=CCC(F)Cc2ccc(C(F)(F)F)cc2)cc1. The maximum absolute atomic E-state index is 13.9. The first-order chi connectivity index (χ1) is 13.7. The topological polar surface area (TPSA) is 0 Å². The Kier molecular flexibility index (Phi) is 8.55. The molecule has 0 aliphatic rings.